The van der Waals surface area contributed by atoms with E-state index in [4.69, 9.17) is 4.74 Å². The second kappa shape index (κ2) is 5.85. The molecule has 3 rings (SSSR count). The first-order chi connectivity index (χ1) is 10.1. The van der Waals surface area contributed by atoms with Gasteiger partial charge in [0.1, 0.15) is 5.75 Å². The highest BCUT2D eigenvalue weighted by Gasteiger charge is 2.35. The fourth-order valence-corrected chi connectivity index (χ4v) is 3.90. The van der Waals surface area contributed by atoms with Crippen LogP contribution < -0.4 is 9.64 Å². The number of rotatable bonds is 3. The lowest BCUT2D eigenvalue weighted by Gasteiger charge is -2.44. The van der Waals surface area contributed by atoms with Gasteiger partial charge in [0, 0.05) is 36.4 Å². The van der Waals surface area contributed by atoms with Gasteiger partial charge in [-0.05, 0) is 45.4 Å². The Labute approximate surface area is 127 Å². The summed E-state index contributed by atoms with van der Waals surface area (Å²) in [4.78, 5) is 5.07. The minimum atomic E-state index is -0.523. The van der Waals surface area contributed by atoms with Crippen molar-refractivity contribution in [1.82, 2.24) is 4.90 Å². The molecule has 4 nitrogen and oxygen atoms in total. The van der Waals surface area contributed by atoms with Crippen molar-refractivity contribution in [2.45, 2.75) is 44.9 Å². The number of fused-ring (bicyclic) bond motifs is 1. The Morgan fingerprint density at radius 1 is 1.33 bits per heavy atom. The van der Waals surface area contributed by atoms with Crippen LogP contribution >= 0.6 is 0 Å². The largest absolute Gasteiger partial charge is 0.496 e. The number of benzene rings is 1. The van der Waals surface area contributed by atoms with Crippen molar-refractivity contribution in [1.29, 1.82) is 0 Å². The summed E-state index contributed by atoms with van der Waals surface area (Å²) in [5.74, 6) is 0.781. The summed E-state index contributed by atoms with van der Waals surface area (Å²) >= 11 is 0. The first-order valence-electron chi connectivity index (χ1n) is 7.97. The summed E-state index contributed by atoms with van der Waals surface area (Å²) in [6.45, 7) is 7.50. The van der Waals surface area contributed by atoms with E-state index in [1.807, 2.05) is 19.1 Å². The first kappa shape index (κ1) is 14.7. The molecule has 0 aliphatic carbocycles. The van der Waals surface area contributed by atoms with Gasteiger partial charge in [0.2, 0.25) is 0 Å². The second-order valence-electron chi connectivity index (χ2n) is 6.36. The van der Waals surface area contributed by atoms with Gasteiger partial charge in [-0.25, -0.2) is 0 Å². The van der Waals surface area contributed by atoms with E-state index in [1.165, 1.54) is 19.4 Å². The van der Waals surface area contributed by atoms with Crippen LogP contribution in [0.1, 0.15) is 38.4 Å². The summed E-state index contributed by atoms with van der Waals surface area (Å²) in [5.41, 5.74) is 2.04. The molecule has 0 amide bonds. The van der Waals surface area contributed by atoms with E-state index in [0.717, 1.165) is 30.1 Å². The van der Waals surface area contributed by atoms with Crippen LogP contribution in [0, 0.1) is 0 Å². The van der Waals surface area contributed by atoms with E-state index >= 15 is 0 Å². The van der Waals surface area contributed by atoms with E-state index in [2.05, 4.69) is 22.8 Å². The number of aliphatic hydroxyl groups excluding tert-OH is 1. The van der Waals surface area contributed by atoms with Gasteiger partial charge in [0.25, 0.3) is 0 Å². The van der Waals surface area contributed by atoms with Gasteiger partial charge < -0.3 is 14.7 Å². The Morgan fingerprint density at radius 2 is 2.14 bits per heavy atom. The van der Waals surface area contributed by atoms with Gasteiger partial charge in [-0.15, -0.1) is 0 Å². The summed E-state index contributed by atoms with van der Waals surface area (Å²) in [6, 6.07) is 7.19. The molecule has 21 heavy (non-hydrogen) atoms. The van der Waals surface area contributed by atoms with Crippen LogP contribution in [0.15, 0.2) is 18.2 Å². The van der Waals surface area contributed by atoms with Crippen molar-refractivity contribution in [2.75, 3.05) is 31.6 Å². The topological polar surface area (TPSA) is 35.9 Å². The van der Waals surface area contributed by atoms with E-state index in [1.54, 1.807) is 7.11 Å². The third-order valence-corrected chi connectivity index (χ3v) is 4.93. The SMILES string of the molecule is COc1cccc(N2CC3CCCN3CC2C)c1[C@@H](C)O. The average Bonchev–Trinajstić information content (AvgIpc) is 2.92. The summed E-state index contributed by atoms with van der Waals surface area (Å²) in [5, 5.41) is 10.2. The number of piperazine rings is 1. The smallest absolute Gasteiger partial charge is 0.126 e. The maximum absolute atomic E-state index is 10.2. The number of aliphatic hydroxyl groups is 1. The van der Waals surface area contributed by atoms with Crippen LogP contribution in [0.2, 0.25) is 0 Å². The Balaban J connectivity index is 1.95. The van der Waals surface area contributed by atoms with Crippen molar-refractivity contribution in [3.63, 3.8) is 0 Å². The number of methoxy groups -OCH3 is 1. The predicted molar refractivity (Wildman–Crippen MR) is 85.0 cm³/mol. The standard InChI is InChI=1S/C17H26N2O2/c1-12-10-18-9-5-6-14(18)11-19(12)15-7-4-8-16(21-3)17(15)13(2)20/h4,7-8,12-14,20H,5-6,9-11H2,1-3H3/t12?,13-,14?/m1/s1. The minimum Gasteiger partial charge on any atom is -0.496 e. The predicted octanol–water partition coefficient (Wildman–Crippen LogP) is 2.42. The monoisotopic (exact) mass is 290 g/mol. The Bertz CT molecular complexity index is 504. The van der Waals surface area contributed by atoms with E-state index < -0.39 is 6.10 Å². The van der Waals surface area contributed by atoms with E-state index in [0.29, 0.717) is 12.1 Å². The van der Waals surface area contributed by atoms with Crippen LogP contribution in [0.3, 0.4) is 0 Å². The molecular weight excluding hydrogens is 264 g/mol. The Hall–Kier alpha value is -1.26. The van der Waals surface area contributed by atoms with Crippen molar-refractivity contribution >= 4 is 5.69 Å². The molecule has 3 atom stereocenters. The molecular formula is C17H26N2O2. The van der Waals surface area contributed by atoms with Crippen molar-refractivity contribution in [3.8, 4) is 5.75 Å². The second-order valence-corrected chi connectivity index (χ2v) is 6.36. The number of nitrogens with zero attached hydrogens (tertiary/aromatic N) is 2. The number of anilines is 1. The Kier molecular flexibility index (Phi) is 4.09. The quantitative estimate of drug-likeness (QED) is 0.927. The van der Waals surface area contributed by atoms with E-state index in [-0.39, 0.29) is 0 Å². The molecule has 2 aliphatic rings. The van der Waals surface area contributed by atoms with Gasteiger partial charge in [-0.1, -0.05) is 6.07 Å². The van der Waals surface area contributed by atoms with Gasteiger partial charge in [-0.3, -0.25) is 4.90 Å². The van der Waals surface area contributed by atoms with Crippen molar-refractivity contribution in [3.05, 3.63) is 23.8 Å². The van der Waals surface area contributed by atoms with E-state index in [9.17, 15) is 5.11 Å². The molecule has 1 N–H and O–H groups in total. The van der Waals surface area contributed by atoms with Crippen LogP contribution in [0.5, 0.6) is 5.75 Å². The van der Waals surface area contributed by atoms with Gasteiger partial charge in [0.05, 0.1) is 13.2 Å². The molecule has 0 bridgehead atoms. The lowest BCUT2D eigenvalue weighted by molar-refractivity contribution is 0.189. The van der Waals surface area contributed by atoms with Gasteiger partial charge in [0.15, 0.2) is 0 Å². The fourth-order valence-electron chi connectivity index (χ4n) is 3.90. The molecule has 0 radical (unpaired) electrons. The third kappa shape index (κ3) is 2.62. The molecule has 0 spiro atoms. The Morgan fingerprint density at radius 3 is 2.86 bits per heavy atom. The highest BCUT2D eigenvalue weighted by Crippen LogP contribution is 2.37. The first-order valence-corrected chi connectivity index (χ1v) is 7.97. The lowest BCUT2D eigenvalue weighted by atomic mass is 10.0. The zero-order valence-corrected chi connectivity index (χ0v) is 13.2. The molecule has 116 valence electrons. The highest BCUT2D eigenvalue weighted by atomic mass is 16.5. The molecule has 2 heterocycles. The molecule has 4 heteroatoms. The molecule has 2 aliphatic heterocycles. The molecule has 1 aromatic carbocycles. The molecule has 2 fully saturated rings. The average molecular weight is 290 g/mol. The molecule has 0 saturated carbocycles. The summed E-state index contributed by atoms with van der Waals surface area (Å²) < 4.78 is 5.46. The number of hydrogen-bond acceptors (Lipinski definition) is 4. The normalized spacial score (nSPS) is 27.5. The highest BCUT2D eigenvalue weighted by molar-refractivity contribution is 5.61. The molecule has 1 aromatic rings. The molecule has 2 saturated heterocycles. The zero-order valence-electron chi connectivity index (χ0n) is 13.2. The van der Waals surface area contributed by atoms with Crippen molar-refractivity contribution in [2.24, 2.45) is 0 Å². The molecule has 0 aromatic heterocycles. The van der Waals surface area contributed by atoms with Crippen LogP contribution in [0.4, 0.5) is 5.69 Å². The van der Waals surface area contributed by atoms with Crippen LogP contribution in [-0.4, -0.2) is 48.8 Å². The number of hydrogen-bond donors (Lipinski definition) is 1. The third-order valence-electron chi connectivity index (χ3n) is 4.93. The maximum atomic E-state index is 10.2. The van der Waals surface area contributed by atoms with Crippen LogP contribution in [-0.2, 0) is 0 Å². The molecule has 2 unspecified atom stereocenters. The van der Waals surface area contributed by atoms with Crippen molar-refractivity contribution < 1.29 is 9.84 Å². The lowest BCUT2D eigenvalue weighted by Crippen LogP contribution is -2.55. The zero-order chi connectivity index (χ0) is 15.0. The maximum Gasteiger partial charge on any atom is 0.126 e. The minimum absolute atomic E-state index is 0.462. The van der Waals surface area contributed by atoms with Crippen LogP contribution in [0.25, 0.3) is 0 Å². The van der Waals surface area contributed by atoms with Gasteiger partial charge >= 0.3 is 0 Å². The fraction of sp³-hybridized carbons (Fsp3) is 0.647. The summed E-state index contributed by atoms with van der Waals surface area (Å²) in [6.07, 6.45) is 2.08. The number of ether oxygens (including phenoxy) is 1. The summed E-state index contributed by atoms with van der Waals surface area (Å²) in [7, 11) is 1.67. The van der Waals surface area contributed by atoms with Gasteiger partial charge in [-0.2, -0.15) is 0 Å².